The molecule has 5 heteroatoms. The molecule has 1 N–H and O–H groups in total. The quantitative estimate of drug-likeness (QED) is 0.667. The van der Waals surface area contributed by atoms with Gasteiger partial charge in [-0.05, 0) is 37.3 Å². The zero-order valence-corrected chi connectivity index (χ0v) is 14.6. The number of rotatable bonds is 5. The number of amides is 1. The summed E-state index contributed by atoms with van der Waals surface area (Å²) in [7, 11) is 0. The number of carbonyl (C=O) groups is 1. The minimum atomic E-state index is 0.280. The van der Waals surface area contributed by atoms with Crippen molar-refractivity contribution in [1.29, 1.82) is 0 Å². The van der Waals surface area contributed by atoms with Gasteiger partial charge in [0.25, 0.3) is 0 Å². The molecule has 0 atom stereocenters. The number of aliphatic imine (C=N–C) groups is 1. The van der Waals surface area contributed by atoms with Crippen LogP contribution in [-0.2, 0) is 17.9 Å². The molecule has 2 aliphatic rings. The maximum Gasteiger partial charge on any atom is 0.222 e. The van der Waals surface area contributed by atoms with E-state index in [2.05, 4.69) is 41.4 Å². The second kappa shape index (κ2) is 8.18. The predicted molar refractivity (Wildman–Crippen MR) is 96.7 cm³/mol. The number of nitrogens with one attached hydrogen (secondary N) is 1. The van der Waals surface area contributed by atoms with Gasteiger partial charge >= 0.3 is 0 Å². The van der Waals surface area contributed by atoms with Gasteiger partial charge in [0.05, 0.1) is 6.54 Å². The lowest BCUT2D eigenvalue weighted by Crippen LogP contribution is -2.39. The van der Waals surface area contributed by atoms with E-state index in [1.807, 2.05) is 4.90 Å². The number of hydrogen-bond donors (Lipinski definition) is 1. The molecule has 0 spiro atoms. The Labute approximate surface area is 144 Å². The van der Waals surface area contributed by atoms with Gasteiger partial charge in [-0.15, -0.1) is 0 Å². The number of nitrogens with zero attached hydrogens (tertiary/aromatic N) is 3. The van der Waals surface area contributed by atoms with Gasteiger partial charge in [0, 0.05) is 39.1 Å². The van der Waals surface area contributed by atoms with E-state index in [0.717, 1.165) is 45.1 Å². The van der Waals surface area contributed by atoms with E-state index < -0.39 is 0 Å². The van der Waals surface area contributed by atoms with Crippen LogP contribution in [0.5, 0.6) is 0 Å². The Morgan fingerprint density at radius 1 is 1.17 bits per heavy atom. The van der Waals surface area contributed by atoms with Crippen molar-refractivity contribution in [2.24, 2.45) is 4.99 Å². The van der Waals surface area contributed by atoms with Crippen LogP contribution in [0.3, 0.4) is 0 Å². The van der Waals surface area contributed by atoms with Gasteiger partial charge in [0.2, 0.25) is 5.91 Å². The summed E-state index contributed by atoms with van der Waals surface area (Å²) in [5, 5.41) is 3.40. The van der Waals surface area contributed by atoms with Crippen LogP contribution in [0.2, 0.25) is 0 Å². The van der Waals surface area contributed by atoms with Gasteiger partial charge in [-0.3, -0.25) is 4.79 Å². The van der Waals surface area contributed by atoms with Crippen LogP contribution in [0.15, 0.2) is 29.3 Å². The predicted octanol–water partition coefficient (Wildman–Crippen LogP) is 2.37. The molecule has 0 unspecified atom stereocenters. The number of hydrogen-bond acceptors (Lipinski definition) is 2. The van der Waals surface area contributed by atoms with E-state index in [0.29, 0.717) is 13.0 Å². The minimum Gasteiger partial charge on any atom is -0.357 e. The first kappa shape index (κ1) is 16.8. The number of likely N-dealkylation sites (tertiary alicyclic amines) is 2. The average Bonchev–Trinajstić information content (AvgIpc) is 3.25. The highest BCUT2D eigenvalue weighted by atomic mass is 16.2. The first-order chi connectivity index (χ1) is 11.8. The van der Waals surface area contributed by atoms with Crippen LogP contribution in [0.4, 0.5) is 0 Å². The molecular weight excluding hydrogens is 300 g/mol. The smallest absolute Gasteiger partial charge is 0.222 e. The molecule has 1 aromatic rings. The fraction of sp³-hybridized carbons (Fsp3) is 0.579. The van der Waals surface area contributed by atoms with Crippen LogP contribution in [0.25, 0.3) is 0 Å². The molecule has 0 saturated carbocycles. The molecule has 1 amide bonds. The Kier molecular flexibility index (Phi) is 5.72. The fourth-order valence-corrected chi connectivity index (χ4v) is 3.44. The van der Waals surface area contributed by atoms with E-state index in [-0.39, 0.29) is 5.91 Å². The summed E-state index contributed by atoms with van der Waals surface area (Å²) in [5.41, 5.74) is 2.40. The van der Waals surface area contributed by atoms with E-state index in [1.54, 1.807) is 0 Å². The molecular formula is C19H28N4O. The lowest BCUT2D eigenvalue weighted by Gasteiger charge is -2.20. The standard InChI is InChI=1S/C19H28N4O/c1-2-20-19(22-10-3-4-11-22)21-14-16-7-5-8-17(13-16)15-23-12-6-9-18(23)24/h5,7-8,13H,2-4,6,9-12,14-15H2,1H3,(H,20,21). The normalized spacial score (nSPS) is 18.5. The van der Waals surface area contributed by atoms with Crippen molar-refractivity contribution in [2.45, 2.75) is 45.7 Å². The van der Waals surface area contributed by atoms with Gasteiger partial charge in [-0.25, -0.2) is 4.99 Å². The Hall–Kier alpha value is -2.04. The van der Waals surface area contributed by atoms with Crippen molar-refractivity contribution in [3.05, 3.63) is 35.4 Å². The molecule has 0 aromatic heterocycles. The van der Waals surface area contributed by atoms with Crippen LogP contribution in [0.1, 0.15) is 43.7 Å². The summed E-state index contributed by atoms with van der Waals surface area (Å²) in [5.74, 6) is 1.30. The molecule has 2 fully saturated rings. The van der Waals surface area contributed by atoms with Crippen molar-refractivity contribution in [3.8, 4) is 0 Å². The highest BCUT2D eigenvalue weighted by Gasteiger charge is 2.20. The van der Waals surface area contributed by atoms with Gasteiger partial charge in [-0.2, -0.15) is 0 Å². The molecule has 3 rings (SSSR count). The SMILES string of the molecule is CCNC(=NCc1cccc(CN2CCCC2=O)c1)N1CCCC1. The van der Waals surface area contributed by atoms with Gasteiger partial charge in [0.15, 0.2) is 5.96 Å². The maximum absolute atomic E-state index is 11.8. The second-order valence-corrected chi connectivity index (χ2v) is 6.60. The molecule has 0 bridgehead atoms. The molecule has 130 valence electrons. The lowest BCUT2D eigenvalue weighted by molar-refractivity contribution is -0.128. The fourth-order valence-electron chi connectivity index (χ4n) is 3.44. The van der Waals surface area contributed by atoms with Crippen LogP contribution in [0, 0.1) is 0 Å². The van der Waals surface area contributed by atoms with Gasteiger partial charge in [-0.1, -0.05) is 24.3 Å². The molecule has 1 aromatic carbocycles. The Morgan fingerprint density at radius 3 is 2.67 bits per heavy atom. The first-order valence-corrected chi connectivity index (χ1v) is 9.15. The highest BCUT2D eigenvalue weighted by Crippen LogP contribution is 2.16. The summed E-state index contributed by atoms with van der Waals surface area (Å²) in [6, 6.07) is 8.48. The summed E-state index contributed by atoms with van der Waals surface area (Å²) in [6.45, 7) is 7.50. The molecule has 5 nitrogen and oxygen atoms in total. The third-order valence-electron chi connectivity index (χ3n) is 4.69. The zero-order chi connectivity index (χ0) is 16.8. The molecule has 2 heterocycles. The van der Waals surface area contributed by atoms with E-state index in [9.17, 15) is 4.79 Å². The van der Waals surface area contributed by atoms with Crippen LogP contribution in [-0.4, -0.2) is 47.8 Å². The lowest BCUT2D eigenvalue weighted by atomic mass is 10.1. The van der Waals surface area contributed by atoms with E-state index >= 15 is 0 Å². The largest absolute Gasteiger partial charge is 0.357 e. The van der Waals surface area contributed by atoms with Crippen LogP contribution < -0.4 is 5.32 Å². The maximum atomic E-state index is 11.8. The molecule has 0 aliphatic carbocycles. The number of guanidine groups is 1. The van der Waals surface area contributed by atoms with Crippen molar-refractivity contribution in [3.63, 3.8) is 0 Å². The average molecular weight is 328 g/mol. The van der Waals surface area contributed by atoms with Crippen LogP contribution >= 0.6 is 0 Å². The monoisotopic (exact) mass is 328 g/mol. The highest BCUT2D eigenvalue weighted by molar-refractivity contribution is 5.80. The van der Waals surface area contributed by atoms with Gasteiger partial charge in [0.1, 0.15) is 0 Å². The number of benzene rings is 1. The zero-order valence-electron chi connectivity index (χ0n) is 14.6. The summed E-state index contributed by atoms with van der Waals surface area (Å²) >= 11 is 0. The third kappa shape index (κ3) is 4.28. The Morgan fingerprint density at radius 2 is 1.96 bits per heavy atom. The van der Waals surface area contributed by atoms with E-state index in [1.165, 1.54) is 24.0 Å². The molecule has 2 saturated heterocycles. The van der Waals surface area contributed by atoms with Crippen molar-refractivity contribution in [1.82, 2.24) is 15.1 Å². The topological polar surface area (TPSA) is 47.9 Å². The molecule has 24 heavy (non-hydrogen) atoms. The van der Waals surface area contributed by atoms with E-state index in [4.69, 9.17) is 4.99 Å². The van der Waals surface area contributed by atoms with Gasteiger partial charge < -0.3 is 15.1 Å². The van der Waals surface area contributed by atoms with Crippen molar-refractivity contribution < 1.29 is 4.79 Å². The van der Waals surface area contributed by atoms with Crippen molar-refractivity contribution >= 4 is 11.9 Å². The Balaban J connectivity index is 1.64. The summed E-state index contributed by atoms with van der Waals surface area (Å²) < 4.78 is 0. The molecule has 2 aliphatic heterocycles. The first-order valence-electron chi connectivity index (χ1n) is 9.15. The Bertz CT molecular complexity index is 593. The minimum absolute atomic E-state index is 0.280. The number of carbonyl (C=O) groups excluding carboxylic acids is 1. The second-order valence-electron chi connectivity index (χ2n) is 6.60. The van der Waals surface area contributed by atoms with Crippen molar-refractivity contribution in [2.75, 3.05) is 26.2 Å². The molecule has 0 radical (unpaired) electrons. The summed E-state index contributed by atoms with van der Waals surface area (Å²) in [6.07, 6.45) is 4.20. The summed E-state index contributed by atoms with van der Waals surface area (Å²) in [4.78, 5) is 20.9. The third-order valence-corrected chi connectivity index (χ3v) is 4.69.